The molecule has 0 amide bonds. The van der Waals surface area contributed by atoms with E-state index in [0.717, 1.165) is 6.42 Å². The lowest BCUT2D eigenvalue weighted by atomic mass is 10.2. The molecule has 1 aliphatic heterocycles. The molecule has 0 spiro atoms. The van der Waals surface area contributed by atoms with Crippen LogP contribution in [0.5, 0.6) is 0 Å². The number of esters is 1. The predicted molar refractivity (Wildman–Crippen MR) is 60.0 cm³/mol. The van der Waals surface area contributed by atoms with Crippen molar-refractivity contribution in [1.82, 2.24) is 15.0 Å². The molecule has 0 radical (unpaired) electrons. The molecular weight excluding hydrogens is 279 g/mol. The lowest BCUT2D eigenvalue weighted by Gasteiger charge is -2.13. The minimum absolute atomic E-state index is 0.0330. The van der Waals surface area contributed by atoms with Gasteiger partial charge in [0.25, 0.3) is 0 Å². The Balaban J connectivity index is 2.29. The van der Waals surface area contributed by atoms with Crippen molar-refractivity contribution in [1.29, 1.82) is 0 Å². The number of nitrogens with zero attached hydrogens (tertiary/aromatic N) is 3. The molecule has 2 rings (SSSR count). The highest BCUT2D eigenvalue weighted by molar-refractivity contribution is 5.88. The summed E-state index contributed by atoms with van der Waals surface area (Å²) in [5.41, 5.74) is -2.00. The smallest absolute Gasteiger partial charge is 0.435 e. The van der Waals surface area contributed by atoms with E-state index in [9.17, 15) is 18.0 Å². The third kappa shape index (κ3) is 3.09. The number of rotatable bonds is 4. The van der Waals surface area contributed by atoms with E-state index >= 15 is 0 Å². The molecule has 1 fully saturated rings. The topological polar surface area (TPSA) is 66.2 Å². The fourth-order valence-electron chi connectivity index (χ4n) is 2.04. The first-order chi connectivity index (χ1) is 9.43. The van der Waals surface area contributed by atoms with Crippen LogP contribution in [0.25, 0.3) is 0 Å². The number of ether oxygens (including phenoxy) is 2. The molecule has 1 atom stereocenters. The van der Waals surface area contributed by atoms with Crippen molar-refractivity contribution in [2.45, 2.75) is 38.6 Å². The summed E-state index contributed by atoms with van der Waals surface area (Å²) >= 11 is 0. The minimum atomic E-state index is -4.73. The highest BCUT2D eigenvalue weighted by atomic mass is 19.4. The van der Waals surface area contributed by atoms with Gasteiger partial charge < -0.3 is 9.47 Å². The molecule has 1 unspecified atom stereocenters. The van der Waals surface area contributed by atoms with E-state index in [2.05, 4.69) is 15.0 Å². The second-order valence-electron chi connectivity index (χ2n) is 4.32. The Labute approximate surface area is 112 Å². The van der Waals surface area contributed by atoms with Crippen LogP contribution in [-0.4, -0.2) is 40.3 Å². The molecule has 1 aromatic rings. The van der Waals surface area contributed by atoms with E-state index < -0.39 is 23.5 Å². The Morgan fingerprint density at radius 3 is 2.85 bits per heavy atom. The summed E-state index contributed by atoms with van der Waals surface area (Å²) in [7, 11) is 0. The van der Waals surface area contributed by atoms with Gasteiger partial charge in [0.1, 0.15) is 0 Å². The highest BCUT2D eigenvalue weighted by Gasteiger charge is 2.42. The quantitative estimate of drug-likeness (QED) is 0.790. The molecule has 20 heavy (non-hydrogen) atoms. The summed E-state index contributed by atoms with van der Waals surface area (Å²) in [6, 6.07) is 0. The summed E-state index contributed by atoms with van der Waals surface area (Å²) in [6.45, 7) is 1.91. The van der Waals surface area contributed by atoms with Gasteiger partial charge in [-0.05, 0) is 19.8 Å². The van der Waals surface area contributed by atoms with E-state index in [1.165, 1.54) is 6.92 Å². The first kappa shape index (κ1) is 14.8. The van der Waals surface area contributed by atoms with E-state index in [-0.39, 0.29) is 19.3 Å². The van der Waals surface area contributed by atoms with Crippen molar-refractivity contribution in [3.63, 3.8) is 0 Å². The SMILES string of the molecule is CCOC(=O)c1nnn(CC2CCCO2)c1C(F)(F)F. The molecule has 1 aromatic heterocycles. The first-order valence-corrected chi connectivity index (χ1v) is 6.23. The third-order valence-corrected chi connectivity index (χ3v) is 2.87. The summed E-state index contributed by atoms with van der Waals surface area (Å²) in [6.07, 6.45) is -3.62. The molecule has 0 aliphatic carbocycles. The number of halogens is 3. The van der Waals surface area contributed by atoms with Gasteiger partial charge in [0.15, 0.2) is 5.69 Å². The molecule has 6 nitrogen and oxygen atoms in total. The second kappa shape index (κ2) is 5.78. The lowest BCUT2D eigenvalue weighted by Crippen LogP contribution is -2.24. The van der Waals surface area contributed by atoms with Crippen molar-refractivity contribution in [2.75, 3.05) is 13.2 Å². The van der Waals surface area contributed by atoms with Crippen LogP contribution in [0.1, 0.15) is 35.9 Å². The van der Waals surface area contributed by atoms with Gasteiger partial charge >= 0.3 is 12.1 Å². The van der Waals surface area contributed by atoms with E-state index in [1.54, 1.807) is 0 Å². The number of aromatic nitrogens is 3. The number of hydrogen-bond acceptors (Lipinski definition) is 5. The molecule has 0 bridgehead atoms. The van der Waals surface area contributed by atoms with Gasteiger partial charge in [0.2, 0.25) is 5.69 Å². The maximum Gasteiger partial charge on any atom is 0.435 e. The average Bonchev–Trinajstić information content (AvgIpc) is 2.98. The maximum atomic E-state index is 13.1. The number of carbonyl (C=O) groups excluding carboxylic acids is 1. The second-order valence-corrected chi connectivity index (χ2v) is 4.32. The first-order valence-electron chi connectivity index (χ1n) is 6.23. The van der Waals surface area contributed by atoms with Crippen molar-refractivity contribution in [2.24, 2.45) is 0 Å². The fourth-order valence-corrected chi connectivity index (χ4v) is 2.04. The van der Waals surface area contributed by atoms with Crippen molar-refractivity contribution in [3.05, 3.63) is 11.4 Å². The zero-order valence-electron chi connectivity index (χ0n) is 10.8. The molecule has 2 heterocycles. The van der Waals surface area contributed by atoms with Crippen LogP contribution in [-0.2, 0) is 22.2 Å². The van der Waals surface area contributed by atoms with Crippen LogP contribution in [0.15, 0.2) is 0 Å². The van der Waals surface area contributed by atoms with Gasteiger partial charge in [0, 0.05) is 6.61 Å². The molecule has 9 heteroatoms. The molecule has 0 saturated carbocycles. The highest BCUT2D eigenvalue weighted by Crippen LogP contribution is 2.32. The Kier molecular flexibility index (Phi) is 4.26. The summed E-state index contributed by atoms with van der Waals surface area (Å²) in [5, 5.41) is 6.72. The van der Waals surface area contributed by atoms with Gasteiger partial charge in [-0.15, -0.1) is 5.10 Å². The fraction of sp³-hybridized carbons (Fsp3) is 0.727. The van der Waals surface area contributed by atoms with Gasteiger partial charge in [-0.2, -0.15) is 13.2 Å². The normalized spacial score (nSPS) is 19.3. The molecule has 1 saturated heterocycles. The Morgan fingerprint density at radius 2 is 2.30 bits per heavy atom. The summed E-state index contributed by atoms with van der Waals surface area (Å²) in [5.74, 6) is -1.13. The Morgan fingerprint density at radius 1 is 1.55 bits per heavy atom. The van der Waals surface area contributed by atoms with E-state index in [4.69, 9.17) is 4.74 Å². The van der Waals surface area contributed by atoms with Crippen LogP contribution < -0.4 is 0 Å². The lowest BCUT2D eigenvalue weighted by molar-refractivity contribution is -0.145. The van der Waals surface area contributed by atoms with Crippen LogP contribution in [0.3, 0.4) is 0 Å². The third-order valence-electron chi connectivity index (χ3n) is 2.87. The molecule has 112 valence electrons. The zero-order valence-corrected chi connectivity index (χ0v) is 10.8. The minimum Gasteiger partial charge on any atom is -0.461 e. The van der Waals surface area contributed by atoms with E-state index in [1.807, 2.05) is 0 Å². The molecular formula is C11H14F3N3O3. The summed E-state index contributed by atoms with van der Waals surface area (Å²) < 4.78 is 49.7. The standard InChI is InChI=1S/C11H14F3N3O3/c1-2-19-10(18)8-9(11(12,13)14)17(16-15-8)6-7-4-3-5-20-7/h7H,2-6H2,1H3. The largest absolute Gasteiger partial charge is 0.461 e. The van der Waals surface area contributed by atoms with Crippen LogP contribution in [0.2, 0.25) is 0 Å². The van der Waals surface area contributed by atoms with Crippen LogP contribution in [0.4, 0.5) is 13.2 Å². The van der Waals surface area contributed by atoms with Gasteiger partial charge in [-0.3, -0.25) is 0 Å². The Hall–Kier alpha value is -1.64. The van der Waals surface area contributed by atoms with Gasteiger partial charge in [-0.1, -0.05) is 5.21 Å². The Bertz CT molecular complexity index is 481. The van der Waals surface area contributed by atoms with Crippen LogP contribution in [0, 0.1) is 0 Å². The average molecular weight is 293 g/mol. The number of hydrogen-bond donors (Lipinski definition) is 0. The predicted octanol–water partition coefficient (Wildman–Crippen LogP) is 1.65. The van der Waals surface area contributed by atoms with Gasteiger partial charge in [0.05, 0.1) is 19.3 Å². The maximum absolute atomic E-state index is 13.1. The van der Waals surface area contributed by atoms with Crippen molar-refractivity contribution >= 4 is 5.97 Å². The van der Waals surface area contributed by atoms with Gasteiger partial charge in [-0.25, -0.2) is 9.48 Å². The van der Waals surface area contributed by atoms with E-state index in [0.29, 0.717) is 17.7 Å². The molecule has 0 aromatic carbocycles. The van der Waals surface area contributed by atoms with Crippen molar-refractivity contribution in [3.8, 4) is 0 Å². The number of alkyl halides is 3. The molecule has 0 N–H and O–H groups in total. The number of carbonyl (C=O) groups is 1. The van der Waals surface area contributed by atoms with Crippen molar-refractivity contribution < 1.29 is 27.4 Å². The molecule has 1 aliphatic rings. The monoisotopic (exact) mass is 293 g/mol. The zero-order chi connectivity index (χ0) is 14.8. The van der Waals surface area contributed by atoms with Crippen LogP contribution >= 0.6 is 0 Å². The summed E-state index contributed by atoms with van der Waals surface area (Å²) in [4.78, 5) is 11.5.